The van der Waals surface area contributed by atoms with Gasteiger partial charge >= 0.3 is 0 Å². The van der Waals surface area contributed by atoms with E-state index in [1.165, 1.54) is 0 Å². The van der Waals surface area contributed by atoms with Crippen molar-refractivity contribution in [1.82, 2.24) is 4.90 Å². The maximum atomic E-state index is 12.4. The molecular weight excluding hydrogens is 338 g/mol. The molecule has 1 saturated heterocycles. The monoisotopic (exact) mass is 357 g/mol. The molecule has 6 heteroatoms. The minimum atomic E-state index is -0.203. The number of nitrogens with zero attached hydrogens (tertiary/aromatic N) is 1. The van der Waals surface area contributed by atoms with Gasteiger partial charge in [0.15, 0.2) is 0 Å². The quantitative estimate of drug-likeness (QED) is 0.859. The van der Waals surface area contributed by atoms with E-state index in [4.69, 9.17) is 11.6 Å². The number of likely N-dealkylation sites (tertiary alicyclic amines) is 1. The molecular formula is C19H20ClN3O2. The maximum absolute atomic E-state index is 12.4. The van der Waals surface area contributed by atoms with E-state index in [1.54, 1.807) is 30.3 Å². The van der Waals surface area contributed by atoms with Crippen LogP contribution >= 0.6 is 11.6 Å². The summed E-state index contributed by atoms with van der Waals surface area (Å²) in [6.45, 7) is 1.70. The number of nitrogens with one attached hydrogen (secondary N) is 2. The van der Waals surface area contributed by atoms with Gasteiger partial charge in [-0.15, -0.1) is 0 Å². The van der Waals surface area contributed by atoms with Gasteiger partial charge in [-0.25, -0.2) is 0 Å². The van der Waals surface area contributed by atoms with Gasteiger partial charge in [0.25, 0.3) is 5.91 Å². The van der Waals surface area contributed by atoms with Crippen LogP contribution in [-0.4, -0.2) is 36.3 Å². The van der Waals surface area contributed by atoms with Crippen molar-refractivity contribution in [3.8, 4) is 0 Å². The van der Waals surface area contributed by atoms with Crippen LogP contribution in [0.1, 0.15) is 23.2 Å². The second kappa shape index (κ2) is 8.03. The first-order valence-electron chi connectivity index (χ1n) is 8.31. The highest BCUT2D eigenvalue weighted by atomic mass is 35.5. The Hall–Kier alpha value is -2.53. The Morgan fingerprint density at radius 3 is 2.56 bits per heavy atom. The summed E-state index contributed by atoms with van der Waals surface area (Å²) < 4.78 is 0. The number of hydrogen-bond donors (Lipinski definition) is 2. The van der Waals surface area contributed by atoms with E-state index in [0.29, 0.717) is 22.0 Å². The van der Waals surface area contributed by atoms with Gasteiger partial charge in [0, 0.05) is 24.3 Å². The number of carbonyl (C=O) groups excluding carboxylic acids is 2. The minimum Gasteiger partial charge on any atom is -0.375 e. The molecule has 0 atom stereocenters. The number of carbonyl (C=O) groups is 2. The molecule has 2 aromatic carbocycles. The van der Waals surface area contributed by atoms with Gasteiger partial charge in [0.2, 0.25) is 5.91 Å². The van der Waals surface area contributed by atoms with Crippen molar-refractivity contribution < 1.29 is 9.59 Å². The Kier molecular flexibility index (Phi) is 5.56. The fraction of sp³-hybridized carbons (Fsp3) is 0.263. The third-order valence-corrected chi connectivity index (χ3v) is 4.43. The van der Waals surface area contributed by atoms with Crippen LogP contribution in [0.15, 0.2) is 48.5 Å². The number of para-hydroxylation sites is 1. The average Bonchev–Trinajstić information content (AvgIpc) is 3.15. The lowest BCUT2D eigenvalue weighted by Gasteiger charge is -2.16. The van der Waals surface area contributed by atoms with E-state index in [0.717, 1.165) is 25.9 Å². The number of amides is 2. The summed E-state index contributed by atoms with van der Waals surface area (Å²) in [4.78, 5) is 26.4. The van der Waals surface area contributed by atoms with Crippen molar-refractivity contribution in [2.45, 2.75) is 12.8 Å². The SMILES string of the molecule is O=C(CNc1ccccc1Cl)Nc1cccc(C(=O)N2CCCC2)c1. The van der Waals surface area contributed by atoms with E-state index in [-0.39, 0.29) is 18.4 Å². The van der Waals surface area contributed by atoms with Gasteiger partial charge < -0.3 is 15.5 Å². The van der Waals surface area contributed by atoms with Gasteiger partial charge in [-0.2, -0.15) is 0 Å². The first kappa shape index (κ1) is 17.3. The third-order valence-electron chi connectivity index (χ3n) is 4.10. The summed E-state index contributed by atoms with van der Waals surface area (Å²) in [6, 6.07) is 14.3. The van der Waals surface area contributed by atoms with Gasteiger partial charge in [-0.05, 0) is 43.2 Å². The number of benzene rings is 2. The van der Waals surface area contributed by atoms with Gasteiger partial charge in [0.05, 0.1) is 17.3 Å². The van der Waals surface area contributed by atoms with Crippen LogP contribution < -0.4 is 10.6 Å². The molecule has 0 spiro atoms. The molecule has 0 radical (unpaired) electrons. The standard InChI is InChI=1S/C19H20ClN3O2/c20-16-8-1-2-9-17(16)21-13-18(24)22-15-7-5-6-14(12-15)19(25)23-10-3-4-11-23/h1-2,5-9,12,21H,3-4,10-11,13H2,(H,22,24). The van der Waals surface area contributed by atoms with Crippen LogP contribution in [0.2, 0.25) is 5.02 Å². The molecule has 130 valence electrons. The summed E-state index contributed by atoms with van der Waals surface area (Å²) >= 11 is 6.05. The largest absolute Gasteiger partial charge is 0.375 e. The van der Waals surface area contributed by atoms with E-state index in [2.05, 4.69) is 10.6 Å². The molecule has 1 aliphatic heterocycles. The van der Waals surface area contributed by atoms with Crippen LogP contribution in [0.4, 0.5) is 11.4 Å². The van der Waals surface area contributed by atoms with Crippen molar-refractivity contribution >= 4 is 34.8 Å². The third kappa shape index (κ3) is 4.51. The molecule has 3 rings (SSSR count). The van der Waals surface area contributed by atoms with Gasteiger partial charge in [-0.3, -0.25) is 9.59 Å². The molecule has 1 heterocycles. The number of anilines is 2. The topological polar surface area (TPSA) is 61.4 Å². The Morgan fingerprint density at radius 2 is 1.80 bits per heavy atom. The molecule has 25 heavy (non-hydrogen) atoms. The zero-order valence-corrected chi connectivity index (χ0v) is 14.6. The van der Waals surface area contributed by atoms with E-state index >= 15 is 0 Å². The first-order valence-corrected chi connectivity index (χ1v) is 8.69. The lowest BCUT2D eigenvalue weighted by molar-refractivity contribution is -0.114. The highest BCUT2D eigenvalue weighted by molar-refractivity contribution is 6.33. The Labute approximate surface area is 152 Å². The van der Waals surface area contributed by atoms with E-state index in [9.17, 15) is 9.59 Å². The highest BCUT2D eigenvalue weighted by Gasteiger charge is 2.19. The lowest BCUT2D eigenvalue weighted by atomic mass is 10.1. The zero-order valence-electron chi connectivity index (χ0n) is 13.8. The predicted molar refractivity (Wildman–Crippen MR) is 100 cm³/mol. The van der Waals surface area contributed by atoms with E-state index in [1.807, 2.05) is 23.1 Å². The van der Waals surface area contributed by atoms with E-state index < -0.39 is 0 Å². The average molecular weight is 358 g/mol. The molecule has 2 aromatic rings. The first-order chi connectivity index (χ1) is 12.1. The fourth-order valence-electron chi connectivity index (χ4n) is 2.82. The Bertz CT molecular complexity index is 773. The molecule has 1 aliphatic rings. The molecule has 5 nitrogen and oxygen atoms in total. The van der Waals surface area contributed by atoms with Gasteiger partial charge in [0.1, 0.15) is 0 Å². The van der Waals surface area contributed by atoms with Crippen molar-refractivity contribution in [2.75, 3.05) is 30.3 Å². The van der Waals surface area contributed by atoms with Crippen molar-refractivity contribution in [3.63, 3.8) is 0 Å². The molecule has 2 amide bonds. The van der Waals surface area contributed by atoms with Crippen LogP contribution in [-0.2, 0) is 4.79 Å². The van der Waals surface area contributed by atoms with Crippen molar-refractivity contribution in [1.29, 1.82) is 0 Å². The molecule has 0 aliphatic carbocycles. The number of hydrogen-bond acceptors (Lipinski definition) is 3. The zero-order chi connectivity index (χ0) is 17.6. The Morgan fingerprint density at radius 1 is 1.04 bits per heavy atom. The summed E-state index contributed by atoms with van der Waals surface area (Å²) in [5.74, 6) is -0.187. The highest BCUT2D eigenvalue weighted by Crippen LogP contribution is 2.20. The molecule has 0 bridgehead atoms. The second-order valence-corrected chi connectivity index (χ2v) is 6.37. The maximum Gasteiger partial charge on any atom is 0.253 e. The number of rotatable bonds is 5. The molecule has 0 saturated carbocycles. The molecule has 1 fully saturated rings. The van der Waals surface area contributed by atoms with Gasteiger partial charge in [-0.1, -0.05) is 29.8 Å². The predicted octanol–water partition coefficient (Wildman–Crippen LogP) is 3.63. The summed E-state index contributed by atoms with van der Waals surface area (Å²) in [6.07, 6.45) is 2.10. The van der Waals surface area contributed by atoms with Crippen LogP contribution in [0, 0.1) is 0 Å². The summed E-state index contributed by atoms with van der Waals surface area (Å²) in [7, 11) is 0. The fourth-order valence-corrected chi connectivity index (χ4v) is 3.02. The van der Waals surface area contributed by atoms with Crippen LogP contribution in [0.3, 0.4) is 0 Å². The molecule has 0 aromatic heterocycles. The smallest absolute Gasteiger partial charge is 0.253 e. The summed E-state index contributed by atoms with van der Waals surface area (Å²) in [5, 5.41) is 6.36. The van der Waals surface area contributed by atoms with Crippen LogP contribution in [0.5, 0.6) is 0 Å². The Balaban J connectivity index is 1.59. The second-order valence-electron chi connectivity index (χ2n) is 5.96. The minimum absolute atomic E-state index is 0.0165. The normalized spacial score (nSPS) is 13.6. The molecule has 0 unspecified atom stereocenters. The van der Waals surface area contributed by atoms with Crippen LogP contribution in [0.25, 0.3) is 0 Å². The van der Waals surface area contributed by atoms with Crippen molar-refractivity contribution in [3.05, 3.63) is 59.1 Å². The summed E-state index contributed by atoms with van der Waals surface area (Å²) in [5.41, 5.74) is 1.91. The number of halogens is 1. The lowest BCUT2D eigenvalue weighted by Crippen LogP contribution is -2.27. The molecule has 2 N–H and O–H groups in total. The van der Waals surface area contributed by atoms with Crippen molar-refractivity contribution in [2.24, 2.45) is 0 Å².